The Kier molecular flexibility index (Phi) is 3.15. The highest BCUT2D eigenvalue weighted by molar-refractivity contribution is 5.94. The fourth-order valence-corrected chi connectivity index (χ4v) is 1.84. The number of carbonyl (C=O) groups is 1. The maximum absolute atomic E-state index is 12.9. The van der Waals surface area contributed by atoms with Crippen LogP contribution in [-0.4, -0.2) is 23.2 Å². The van der Waals surface area contributed by atoms with Crippen molar-refractivity contribution in [3.8, 4) is 0 Å². The van der Waals surface area contributed by atoms with Gasteiger partial charge in [-0.15, -0.1) is 0 Å². The van der Waals surface area contributed by atoms with Crippen LogP contribution in [0.3, 0.4) is 0 Å². The first-order chi connectivity index (χ1) is 7.99. The SMILES string of the molecule is CC(O)(CNC(=O)c1cccc(F)c1)C1CC1. The van der Waals surface area contributed by atoms with Gasteiger partial charge in [-0.3, -0.25) is 4.79 Å². The van der Waals surface area contributed by atoms with E-state index in [1.165, 1.54) is 18.2 Å². The Hall–Kier alpha value is -1.42. The van der Waals surface area contributed by atoms with Crippen LogP contribution in [0, 0.1) is 11.7 Å². The lowest BCUT2D eigenvalue weighted by Crippen LogP contribution is -2.42. The molecule has 0 spiro atoms. The van der Waals surface area contributed by atoms with Gasteiger partial charge in [-0.2, -0.15) is 0 Å². The molecular formula is C13H16FNO2. The zero-order valence-electron chi connectivity index (χ0n) is 9.74. The van der Waals surface area contributed by atoms with Crippen molar-refractivity contribution in [1.29, 1.82) is 0 Å². The molecule has 1 unspecified atom stereocenters. The van der Waals surface area contributed by atoms with E-state index in [1.807, 2.05) is 0 Å². The summed E-state index contributed by atoms with van der Waals surface area (Å²) in [6, 6.07) is 5.51. The Morgan fingerprint density at radius 3 is 2.88 bits per heavy atom. The zero-order valence-corrected chi connectivity index (χ0v) is 9.74. The fourth-order valence-electron chi connectivity index (χ4n) is 1.84. The van der Waals surface area contributed by atoms with E-state index in [1.54, 1.807) is 13.0 Å². The maximum atomic E-state index is 12.9. The average molecular weight is 237 g/mol. The number of rotatable bonds is 4. The van der Waals surface area contributed by atoms with E-state index < -0.39 is 11.4 Å². The number of hydrogen-bond acceptors (Lipinski definition) is 2. The van der Waals surface area contributed by atoms with Gasteiger partial charge in [0.2, 0.25) is 0 Å². The number of carbonyl (C=O) groups excluding carboxylic acids is 1. The molecule has 17 heavy (non-hydrogen) atoms. The molecule has 0 radical (unpaired) electrons. The van der Waals surface area contributed by atoms with Gasteiger partial charge in [0.05, 0.1) is 5.60 Å². The highest BCUT2D eigenvalue weighted by Gasteiger charge is 2.39. The molecule has 0 aliphatic heterocycles. The summed E-state index contributed by atoms with van der Waals surface area (Å²) in [6.07, 6.45) is 2.01. The number of nitrogens with one attached hydrogen (secondary N) is 1. The van der Waals surface area contributed by atoms with Gasteiger partial charge in [0, 0.05) is 12.1 Å². The van der Waals surface area contributed by atoms with Crippen molar-refractivity contribution in [1.82, 2.24) is 5.32 Å². The van der Waals surface area contributed by atoms with Crippen LogP contribution in [0.5, 0.6) is 0 Å². The summed E-state index contributed by atoms with van der Waals surface area (Å²) in [5.74, 6) is -0.521. The lowest BCUT2D eigenvalue weighted by atomic mass is 10.0. The number of benzene rings is 1. The fraction of sp³-hybridized carbons (Fsp3) is 0.462. The van der Waals surface area contributed by atoms with Crippen LogP contribution < -0.4 is 5.32 Å². The van der Waals surface area contributed by atoms with E-state index in [2.05, 4.69) is 5.32 Å². The maximum Gasteiger partial charge on any atom is 0.251 e. The normalized spacial score (nSPS) is 18.5. The van der Waals surface area contributed by atoms with Crippen molar-refractivity contribution in [2.45, 2.75) is 25.4 Å². The van der Waals surface area contributed by atoms with E-state index in [4.69, 9.17) is 0 Å². The molecular weight excluding hydrogens is 221 g/mol. The Balaban J connectivity index is 1.93. The number of amides is 1. The topological polar surface area (TPSA) is 49.3 Å². The van der Waals surface area contributed by atoms with E-state index in [-0.39, 0.29) is 23.9 Å². The van der Waals surface area contributed by atoms with Crippen LogP contribution in [-0.2, 0) is 0 Å². The summed E-state index contributed by atoms with van der Waals surface area (Å²) in [4.78, 5) is 11.7. The van der Waals surface area contributed by atoms with Gasteiger partial charge in [-0.1, -0.05) is 6.07 Å². The first-order valence-electron chi connectivity index (χ1n) is 5.75. The zero-order chi connectivity index (χ0) is 12.5. The molecule has 2 N–H and O–H groups in total. The molecule has 1 aliphatic rings. The number of halogens is 1. The monoisotopic (exact) mass is 237 g/mol. The van der Waals surface area contributed by atoms with Crippen LogP contribution in [0.4, 0.5) is 4.39 Å². The van der Waals surface area contributed by atoms with E-state index >= 15 is 0 Å². The second-order valence-corrected chi connectivity index (χ2v) is 4.82. The Labute approximate surface area is 99.7 Å². The van der Waals surface area contributed by atoms with E-state index in [0.717, 1.165) is 12.8 Å². The van der Waals surface area contributed by atoms with Crippen molar-refractivity contribution < 1.29 is 14.3 Å². The minimum absolute atomic E-state index is 0.201. The first-order valence-corrected chi connectivity index (χ1v) is 5.75. The average Bonchev–Trinajstić information content (AvgIpc) is 3.10. The second-order valence-electron chi connectivity index (χ2n) is 4.82. The molecule has 2 rings (SSSR count). The number of aliphatic hydroxyl groups is 1. The van der Waals surface area contributed by atoms with Gasteiger partial charge < -0.3 is 10.4 Å². The van der Waals surface area contributed by atoms with E-state index in [9.17, 15) is 14.3 Å². The molecule has 0 bridgehead atoms. The van der Waals surface area contributed by atoms with Crippen LogP contribution >= 0.6 is 0 Å². The predicted molar refractivity (Wildman–Crippen MR) is 62.1 cm³/mol. The van der Waals surface area contributed by atoms with Crippen LogP contribution in [0.25, 0.3) is 0 Å². The lowest BCUT2D eigenvalue weighted by Gasteiger charge is -2.23. The van der Waals surface area contributed by atoms with Crippen molar-refractivity contribution in [3.05, 3.63) is 35.6 Å². The minimum atomic E-state index is -0.858. The molecule has 3 nitrogen and oxygen atoms in total. The summed E-state index contributed by atoms with van der Waals surface area (Å²) < 4.78 is 12.9. The minimum Gasteiger partial charge on any atom is -0.388 e. The summed E-state index contributed by atoms with van der Waals surface area (Å²) in [7, 11) is 0. The molecule has 1 aromatic carbocycles. The predicted octanol–water partition coefficient (Wildman–Crippen LogP) is 1.72. The highest BCUT2D eigenvalue weighted by Crippen LogP contribution is 2.38. The van der Waals surface area contributed by atoms with Crippen molar-refractivity contribution >= 4 is 5.91 Å². The molecule has 1 atom stereocenters. The van der Waals surface area contributed by atoms with Crippen LogP contribution in [0.1, 0.15) is 30.1 Å². The molecule has 1 saturated carbocycles. The molecule has 92 valence electrons. The molecule has 0 saturated heterocycles. The molecule has 1 fully saturated rings. The lowest BCUT2D eigenvalue weighted by molar-refractivity contribution is 0.0354. The van der Waals surface area contributed by atoms with E-state index in [0.29, 0.717) is 0 Å². The van der Waals surface area contributed by atoms with Gasteiger partial charge >= 0.3 is 0 Å². The quantitative estimate of drug-likeness (QED) is 0.837. The van der Waals surface area contributed by atoms with Crippen molar-refractivity contribution in [3.63, 3.8) is 0 Å². The molecule has 1 aliphatic carbocycles. The largest absolute Gasteiger partial charge is 0.388 e. The standard InChI is InChI=1S/C13H16FNO2/c1-13(17,10-5-6-10)8-15-12(16)9-3-2-4-11(14)7-9/h2-4,7,10,17H,5-6,8H2,1H3,(H,15,16). The molecule has 1 aromatic rings. The summed E-state index contributed by atoms with van der Waals surface area (Å²) in [6.45, 7) is 1.92. The van der Waals surface area contributed by atoms with Gasteiger partial charge in [-0.05, 0) is 43.9 Å². The van der Waals surface area contributed by atoms with Crippen molar-refractivity contribution in [2.24, 2.45) is 5.92 Å². The third-order valence-electron chi connectivity index (χ3n) is 3.15. The van der Waals surface area contributed by atoms with Gasteiger partial charge in [0.1, 0.15) is 5.82 Å². The Morgan fingerprint density at radius 2 is 2.29 bits per heavy atom. The summed E-state index contributed by atoms with van der Waals surface area (Å²) in [5, 5.41) is 12.6. The van der Waals surface area contributed by atoms with Gasteiger partial charge in [-0.25, -0.2) is 4.39 Å². The first kappa shape index (κ1) is 12.0. The molecule has 4 heteroatoms. The Morgan fingerprint density at radius 1 is 1.59 bits per heavy atom. The summed E-state index contributed by atoms with van der Waals surface area (Å²) in [5.41, 5.74) is -0.584. The van der Waals surface area contributed by atoms with Gasteiger partial charge in [0.15, 0.2) is 0 Å². The third-order valence-corrected chi connectivity index (χ3v) is 3.15. The summed E-state index contributed by atoms with van der Waals surface area (Å²) >= 11 is 0. The Bertz CT molecular complexity index is 427. The molecule has 0 heterocycles. The van der Waals surface area contributed by atoms with Crippen molar-refractivity contribution in [2.75, 3.05) is 6.54 Å². The highest BCUT2D eigenvalue weighted by atomic mass is 19.1. The van der Waals surface area contributed by atoms with Crippen LogP contribution in [0.15, 0.2) is 24.3 Å². The van der Waals surface area contributed by atoms with Gasteiger partial charge in [0.25, 0.3) is 5.91 Å². The molecule has 0 aromatic heterocycles. The van der Waals surface area contributed by atoms with Crippen LogP contribution in [0.2, 0.25) is 0 Å². The smallest absolute Gasteiger partial charge is 0.251 e. The molecule has 1 amide bonds. The second kappa shape index (κ2) is 4.45. The third kappa shape index (κ3) is 3.03. The number of hydrogen-bond donors (Lipinski definition) is 2.